The van der Waals surface area contributed by atoms with E-state index in [0.717, 1.165) is 6.20 Å². The molecule has 162 valence electrons. The Bertz CT molecular complexity index is 1440. The number of benzene rings is 2. The fraction of sp³-hybridized carbons (Fsp3) is 0.320. The first-order valence-corrected chi connectivity index (χ1v) is 9.18. The van der Waals surface area contributed by atoms with E-state index >= 15 is 0 Å². The minimum absolute atomic E-state index is 0.124. The summed E-state index contributed by atoms with van der Waals surface area (Å²) in [5.41, 5.74) is 1.46. The van der Waals surface area contributed by atoms with E-state index in [-0.39, 0.29) is 5.69 Å². The van der Waals surface area contributed by atoms with Crippen LogP contribution in [0, 0.1) is 0 Å². The molecule has 6 heteroatoms. The Kier molecular flexibility index (Phi) is 3.93. The molecule has 0 spiro atoms. The Labute approximate surface area is 201 Å². The molecule has 0 atom stereocenters. The van der Waals surface area contributed by atoms with Crippen molar-refractivity contribution in [1.82, 2.24) is 9.97 Å². The van der Waals surface area contributed by atoms with E-state index in [1.807, 2.05) is 0 Å². The molecule has 0 unspecified atom stereocenters. The van der Waals surface area contributed by atoms with E-state index in [1.165, 1.54) is 0 Å². The molecule has 6 nitrogen and oxygen atoms in total. The summed E-state index contributed by atoms with van der Waals surface area (Å²) >= 11 is 0. The Balaban J connectivity index is 2.26. The van der Waals surface area contributed by atoms with Crippen LogP contribution in [0.15, 0.2) is 66.9 Å². The van der Waals surface area contributed by atoms with Crippen LogP contribution in [0.1, 0.15) is 44.3 Å². The first-order chi connectivity index (χ1) is 20.1. The second-order valence-electron chi connectivity index (χ2n) is 6.14. The van der Waals surface area contributed by atoms with E-state index in [2.05, 4.69) is 14.7 Å². The van der Waals surface area contributed by atoms with E-state index < -0.39 is 64.0 Å². The minimum Gasteiger partial charge on any atom is -0.480 e. The van der Waals surface area contributed by atoms with E-state index in [1.54, 1.807) is 60.7 Å². The SMILES string of the molecule is [2H]C([2H])(OCC([2H])([2H])C([2H])([2H])CN(c1cnc(-c2ccccc2)c(-c2ccccc2)n1)C([2H])(C([2H])([2H])[2H])C([2H])([2H])[2H])C(=O)O. The van der Waals surface area contributed by atoms with Gasteiger partial charge in [-0.15, -0.1) is 0 Å². The van der Waals surface area contributed by atoms with Crippen molar-refractivity contribution >= 4 is 11.8 Å². The van der Waals surface area contributed by atoms with Gasteiger partial charge in [0.15, 0.2) is 0 Å². The van der Waals surface area contributed by atoms with Crippen LogP contribution in [0.5, 0.6) is 0 Å². The molecule has 0 amide bonds. The van der Waals surface area contributed by atoms with Gasteiger partial charge in [0.1, 0.15) is 12.4 Å². The monoisotopic (exact) mass is 432 g/mol. The minimum atomic E-state index is -3.65. The Morgan fingerprint density at radius 2 is 1.74 bits per heavy atom. The first-order valence-electron chi connectivity index (χ1n) is 15.7. The lowest BCUT2D eigenvalue weighted by atomic mass is 10.0. The maximum absolute atomic E-state index is 11.1. The highest BCUT2D eigenvalue weighted by Gasteiger charge is 2.17. The smallest absolute Gasteiger partial charge is 0.329 e. The molecule has 0 saturated heterocycles. The Morgan fingerprint density at radius 3 is 2.35 bits per heavy atom. The van der Waals surface area contributed by atoms with Gasteiger partial charge >= 0.3 is 5.97 Å². The van der Waals surface area contributed by atoms with Crippen molar-refractivity contribution in [3.05, 3.63) is 66.9 Å². The summed E-state index contributed by atoms with van der Waals surface area (Å²) < 4.78 is 110. The van der Waals surface area contributed by atoms with Crippen molar-refractivity contribution < 1.29 is 32.5 Å². The maximum Gasteiger partial charge on any atom is 0.329 e. The number of anilines is 1. The number of hydrogen-bond donors (Lipinski definition) is 1. The van der Waals surface area contributed by atoms with Crippen molar-refractivity contribution in [3.8, 4) is 22.5 Å². The topological polar surface area (TPSA) is 75.5 Å². The quantitative estimate of drug-likeness (QED) is 0.464. The number of carboxylic acid groups (broad SMARTS) is 1. The van der Waals surface area contributed by atoms with Crippen molar-refractivity contribution in [2.75, 3.05) is 24.6 Å². The van der Waals surface area contributed by atoms with Crippen molar-refractivity contribution in [1.29, 1.82) is 0 Å². The number of rotatable bonds is 11. The van der Waals surface area contributed by atoms with Gasteiger partial charge in [-0.2, -0.15) is 0 Å². The van der Waals surface area contributed by atoms with E-state index in [0.29, 0.717) is 21.7 Å². The van der Waals surface area contributed by atoms with Gasteiger partial charge in [-0.3, -0.25) is 4.98 Å². The summed E-state index contributed by atoms with van der Waals surface area (Å²) in [6.45, 7) is -13.6. The van der Waals surface area contributed by atoms with Gasteiger partial charge in [-0.25, -0.2) is 9.78 Å². The van der Waals surface area contributed by atoms with Crippen molar-refractivity contribution in [2.45, 2.75) is 32.5 Å². The Hall–Kier alpha value is -3.25. The zero-order chi connectivity index (χ0) is 33.4. The molecule has 3 aromatic rings. The molecular formula is C25H29N3O3. The molecule has 0 aliphatic carbocycles. The summed E-state index contributed by atoms with van der Waals surface area (Å²) in [5, 5.41) is 8.96. The third-order valence-corrected chi connectivity index (χ3v) is 4.07. The molecule has 1 aromatic heterocycles. The fourth-order valence-electron chi connectivity index (χ4n) is 2.71. The van der Waals surface area contributed by atoms with Crippen LogP contribution in [0.3, 0.4) is 0 Å². The molecule has 0 aliphatic heterocycles. The molecule has 0 bridgehead atoms. The zero-order valence-electron chi connectivity index (χ0n) is 29.4. The van der Waals surface area contributed by atoms with Gasteiger partial charge in [-0.1, -0.05) is 60.7 Å². The number of aromatic nitrogens is 2. The van der Waals surface area contributed by atoms with Crippen LogP contribution in [0.4, 0.5) is 5.82 Å². The van der Waals surface area contributed by atoms with Gasteiger partial charge in [0.05, 0.1) is 21.7 Å². The molecule has 0 radical (unpaired) electrons. The molecule has 0 saturated carbocycles. The molecule has 3 rings (SSSR count). The standard InChI is InChI=1S/C25H29N3O3/c1-19(2)28(15-9-10-16-31-18-23(29)30)22-17-26-24(20-11-5-3-6-12-20)25(27-22)21-13-7-4-8-14-21/h3-8,11-14,17,19H,9-10,15-16,18H2,1-2H3,(H,29,30)/i1D3,2D3,9D2,10D2,18D2,19D. The largest absolute Gasteiger partial charge is 0.480 e. The molecule has 2 aromatic carbocycles. The van der Waals surface area contributed by atoms with Crippen LogP contribution in [-0.2, 0) is 9.53 Å². The number of carbonyl (C=O) groups is 1. The lowest BCUT2D eigenvalue weighted by Gasteiger charge is -2.28. The summed E-state index contributed by atoms with van der Waals surface area (Å²) in [7, 11) is 0. The molecule has 1 heterocycles. The number of nitrogens with zero attached hydrogens (tertiary/aromatic N) is 3. The highest BCUT2D eigenvalue weighted by molar-refractivity contribution is 5.78. The molecule has 0 fully saturated rings. The van der Waals surface area contributed by atoms with Crippen LogP contribution >= 0.6 is 0 Å². The number of carboxylic acids is 1. The summed E-state index contributed by atoms with van der Waals surface area (Å²) in [6.07, 6.45) is -5.56. The lowest BCUT2D eigenvalue weighted by molar-refractivity contribution is -0.142. The van der Waals surface area contributed by atoms with Crippen LogP contribution in [0.25, 0.3) is 22.5 Å². The van der Waals surface area contributed by atoms with Gasteiger partial charge < -0.3 is 14.7 Å². The summed E-state index contributed by atoms with van der Waals surface area (Å²) in [5.74, 6) is -2.68. The molecule has 0 aliphatic rings. The highest BCUT2D eigenvalue weighted by Crippen LogP contribution is 2.30. The average molecular weight is 433 g/mol. The molecule has 31 heavy (non-hydrogen) atoms. The number of ether oxygens (including phenoxy) is 1. The second kappa shape index (κ2) is 11.2. The van der Waals surface area contributed by atoms with Gasteiger partial charge in [0.2, 0.25) is 0 Å². The van der Waals surface area contributed by atoms with Crippen molar-refractivity contribution in [2.24, 2.45) is 0 Å². The molecular weight excluding hydrogens is 390 g/mol. The summed E-state index contributed by atoms with van der Waals surface area (Å²) in [4.78, 5) is 20.3. The average Bonchev–Trinajstić information content (AvgIpc) is 2.94. The van der Waals surface area contributed by atoms with Crippen LogP contribution in [-0.4, -0.2) is 46.8 Å². The number of aliphatic carboxylic acids is 1. The predicted octanol–water partition coefficient (Wildman–Crippen LogP) is 4.91. The van der Waals surface area contributed by atoms with Gasteiger partial charge in [0.25, 0.3) is 0 Å². The van der Waals surface area contributed by atoms with Crippen LogP contribution in [0.2, 0.25) is 0 Å². The predicted molar refractivity (Wildman–Crippen MR) is 123 cm³/mol. The zero-order valence-corrected chi connectivity index (χ0v) is 16.4. The van der Waals surface area contributed by atoms with Crippen LogP contribution < -0.4 is 4.90 Å². The maximum atomic E-state index is 11.1. The second-order valence-corrected chi connectivity index (χ2v) is 6.14. The highest BCUT2D eigenvalue weighted by atomic mass is 16.5. The fourth-order valence-corrected chi connectivity index (χ4v) is 2.71. The van der Waals surface area contributed by atoms with Crippen molar-refractivity contribution in [3.63, 3.8) is 0 Å². The Morgan fingerprint density at radius 1 is 1.10 bits per heavy atom. The summed E-state index contributed by atoms with van der Waals surface area (Å²) in [6, 6.07) is 13.4. The first kappa shape index (κ1) is 10.9. The third-order valence-electron chi connectivity index (χ3n) is 4.07. The van der Waals surface area contributed by atoms with E-state index in [9.17, 15) is 4.79 Å². The number of hydrogen-bond acceptors (Lipinski definition) is 5. The van der Waals surface area contributed by atoms with Gasteiger partial charge in [0, 0.05) is 44.0 Å². The molecule has 1 N–H and O–H groups in total. The normalized spacial score (nSPS) is 19.7. The van der Waals surface area contributed by atoms with E-state index in [4.69, 9.17) is 22.9 Å². The lowest BCUT2D eigenvalue weighted by Crippen LogP contribution is -2.33. The third kappa shape index (κ3) is 6.36. The van der Waals surface area contributed by atoms with Gasteiger partial charge in [-0.05, 0) is 26.4 Å².